The van der Waals surface area contributed by atoms with Crippen molar-refractivity contribution in [2.24, 2.45) is 13.0 Å². The molecule has 6 nitrogen and oxygen atoms in total. The second kappa shape index (κ2) is 6.28. The van der Waals surface area contributed by atoms with Gasteiger partial charge in [-0.3, -0.25) is 14.3 Å². The fourth-order valence-electron chi connectivity index (χ4n) is 2.87. The standard InChI is InChI=1S/C15H24N4O2/c1-5-6-12-15(21)19(9-11-7-16-18(4)8-11)13(10(2)3)14(20)17-12/h7-8,10,12-13H,5-6,9H2,1-4H3,(H,17,20). The van der Waals surface area contributed by atoms with E-state index in [1.165, 1.54) is 0 Å². The predicted octanol–water partition coefficient (Wildman–Crippen LogP) is 1.07. The van der Waals surface area contributed by atoms with E-state index < -0.39 is 12.1 Å². The topological polar surface area (TPSA) is 67.2 Å². The van der Waals surface area contributed by atoms with E-state index in [1.807, 2.05) is 34.0 Å². The Labute approximate surface area is 125 Å². The average Bonchev–Trinajstić information content (AvgIpc) is 2.80. The molecule has 2 heterocycles. The van der Waals surface area contributed by atoms with Crippen LogP contribution in [0.5, 0.6) is 0 Å². The summed E-state index contributed by atoms with van der Waals surface area (Å²) < 4.78 is 1.71. The molecule has 1 aliphatic rings. The number of piperazine rings is 1. The van der Waals surface area contributed by atoms with Gasteiger partial charge in [-0.05, 0) is 12.3 Å². The third-order valence-electron chi connectivity index (χ3n) is 3.82. The van der Waals surface area contributed by atoms with E-state index in [-0.39, 0.29) is 17.7 Å². The summed E-state index contributed by atoms with van der Waals surface area (Å²) in [6.07, 6.45) is 5.17. The van der Waals surface area contributed by atoms with Crippen LogP contribution < -0.4 is 5.32 Å². The first kappa shape index (κ1) is 15.5. The van der Waals surface area contributed by atoms with Crippen LogP contribution in [0.2, 0.25) is 0 Å². The number of nitrogens with zero attached hydrogens (tertiary/aromatic N) is 3. The van der Waals surface area contributed by atoms with E-state index >= 15 is 0 Å². The summed E-state index contributed by atoms with van der Waals surface area (Å²) in [4.78, 5) is 26.7. The van der Waals surface area contributed by atoms with Crippen LogP contribution in [0.25, 0.3) is 0 Å². The van der Waals surface area contributed by atoms with Crippen LogP contribution in [0, 0.1) is 5.92 Å². The van der Waals surface area contributed by atoms with Crippen molar-refractivity contribution in [3.63, 3.8) is 0 Å². The molecule has 6 heteroatoms. The lowest BCUT2D eigenvalue weighted by Gasteiger charge is -2.40. The predicted molar refractivity (Wildman–Crippen MR) is 79.2 cm³/mol. The number of carbonyl (C=O) groups excluding carboxylic acids is 2. The zero-order valence-electron chi connectivity index (χ0n) is 13.2. The molecule has 0 bridgehead atoms. The molecule has 0 aliphatic carbocycles. The number of hydrogen-bond donors (Lipinski definition) is 1. The monoisotopic (exact) mass is 292 g/mol. The van der Waals surface area contributed by atoms with Crippen LogP contribution in [0.1, 0.15) is 39.2 Å². The lowest BCUT2D eigenvalue weighted by Crippen LogP contribution is -2.64. The highest BCUT2D eigenvalue weighted by molar-refractivity contribution is 5.97. The quantitative estimate of drug-likeness (QED) is 0.883. The summed E-state index contributed by atoms with van der Waals surface area (Å²) in [6.45, 7) is 6.38. The van der Waals surface area contributed by atoms with Crippen LogP contribution in [0.3, 0.4) is 0 Å². The second-order valence-electron chi connectivity index (χ2n) is 6.03. The molecule has 0 radical (unpaired) electrons. The Hall–Kier alpha value is -1.85. The Morgan fingerprint density at radius 1 is 1.38 bits per heavy atom. The van der Waals surface area contributed by atoms with Crippen molar-refractivity contribution in [1.82, 2.24) is 20.0 Å². The van der Waals surface area contributed by atoms with Crippen molar-refractivity contribution in [3.05, 3.63) is 18.0 Å². The molecule has 2 unspecified atom stereocenters. The van der Waals surface area contributed by atoms with Crippen LogP contribution in [-0.4, -0.2) is 38.6 Å². The lowest BCUT2D eigenvalue weighted by molar-refractivity contribution is -0.152. The molecule has 0 saturated carbocycles. The summed E-state index contributed by atoms with van der Waals surface area (Å²) >= 11 is 0. The fourth-order valence-corrected chi connectivity index (χ4v) is 2.87. The average molecular weight is 292 g/mol. The number of aryl methyl sites for hydroxylation is 1. The smallest absolute Gasteiger partial charge is 0.246 e. The number of rotatable bonds is 5. The number of hydrogen-bond acceptors (Lipinski definition) is 3. The lowest BCUT2D eigenvalue weighted by atomic mass is 9.95. The van der Waals surface area contributed by atoms with Crippen LogP contribution >= 0.6 is 0 Å². The zero-order chi connectivity index (χ0) is 15.6. The van der Waals surface area contributed by atoms with Crippen molar-refractivity contribution in [2.45, 2.75) is 52.2 Å². The van der Waals surface area contributed by atoms with E-state index in [0.29, 0.717) is 13.0 Å². The van der Waals surface area contributed by atoms with Gasteiger partial charge in [0.1, 0.15) is 12.1 Å². The van der Waals surface area contributed by atoms with Gasteiger partial charge in [-0.1, -0.05) is 27.2 Å². The highest BCUT2D eigenvalue weighted by atomic mass is 16.2. The molecule has 1 saturated heterocycles. The van der Waals surface area contributed by atoms with Gasteiger partial charge in [0.05, 0.1) is 6.20 Å². The van der Waals surface area contributed by atoms with Gasteiger partial charge in [-0.25, -0.2) is 0 Å². The molecular weight excluding hydrogens is 268 g/mol. The molecule has 116 valence electrons. The number of amides is 2. The first-order valence-electron chi connectivity index (χ1n) is 7.52. The molecule has 1 N–H and O–H groups in total. The van der Waals surface area contributed by atoms with Gasteiger partial charge in [0, 0.05) is 25.4 Å². The van der Waals surface area contributed by atoms with Gasteiger partial charge >= 0.3 is 0 Å². The molecule has 1 fully saturated rings. The molecule has 2 rings (SSSR count). The first-order chi connectivity index (χ1) is 9.93. The Balaban J connectivity index is 2.25. The minimum absolute atomic E-state index is 0.0130. The van der Waals surface area contributed by atoms with Gasteiger partial charge in [0.25, 0.3) is 0 Å². The van der Waals surface area contributed by atoms with Crippen molar-refractivity contribution in [3.8, 4) is 0 Å². The summed E-state index contributed by atoms with van der Waals surface area (Å²) in [6, 6.07) is -0.806. The number of nitrogens with one attached hydrogen (secondary N) is 1. The fraction of sp³-hybridized carbons (Fsp3) is 0.667. The highest BCUT2D eigenvalue weighted by Gasteiger charge is 2.41. The van der Waals surface area contributed by atoms with E-state index in [2.05, 4.69) is 10.4 Å². The number of carbonyl (C=O) groups is 2. The van der Waals surface area contributed by atoms with Crippen molar-refractivity contribution in [1.29, 1.82) is 0 Å². The summed E-state index contributed by atoms with van der Waals surface area (Å²) in [5, 5.41) is 7.00. The van der Waals surface area contributed by atoms with E-state index in [0.717, 1.165) is 12.0 Å². The SMILES string of the molecule is CCCC1NC(=O)C(C(C)C)N(Cc2cnn(C)c2)C1=O. The van der Waals surface area contributed by atoms with E-state index in [9.17, 15) is 9.59 Å². The Bertz CT molecular complexity index is 523. The Kier molecular flexibility index (Phi) is 4.65. The summed E-state index contributed by atoms with van der Waals surface area (Å²) in [7, 11) is 1.84. The summed E-state index contributed by atoms with van der Waals surface area (Å²) in [5.74, 6) is 0.0409. The first-order valence-corrected chi connectivity index (χ1v) is 7.52. The Morgan fingerprint density at radius 3 is 2.62 bits per heavy atom. The highest BCUT2D eigenvalue weighted by Crippen LogP contribution is 2.21. The zero-order valence-corrected chi connectivity index (χ0v) is 13.2. The molecule has 1 aliphatic heterocycles. The molecule has 0 spiro atoms. The van der Waals surface area contributed by atoms with E-state index in [4.69, 9.17) is 0 Å². The summed E-state index contributed by atoms with van der Waals surface area (Å²) in [5.41, 5.74) is 0.946. The maximum absolute atomic E-state index is 12.7. The van der Waals surface area contributed by atoms with Gasteiger partial charge in [-0.15, -0.1) is 0 Å². The third kappa shape index (κ3) is 3.25. The largest absolute Gasteiger partial charge is 0.342 e. The maximum atomic E-state index is 12.7. The third-order valence-corrected chi connectivity index (χ3v) is 3.82. The molecule has 1 aromatic rings. The maximum Gasteiger partial charge on any atom is 0.246 e. The minimum atomic E-state index is -0.411. The molecule has 0 aromatic carbocycles. The van der Waals surface area contributed by atoms with E-state index in [1.54, 1.807) is 15.8 Å². The molecule has 2 amide bonds. The molecule has 1 aromatic heterocycles. The van der Waals surface area contributed by atoms with Crippen LogP contribution in [0.15, 0.2) is 12.4 Å². The molecular formula is C15H24N4O2. The van der Waals surface area contributed by atoms with Crippen LogP contribution in [0.4, 0.5) is 0 Å². The van der Waals surface area contributed by atoms with Gasteiger partial charge < -0.3 is 10.2 Å². The van der Waals surface area contributed by atoms with Crippen molar-refractivity contribution >= 4 is 11.8 Å². The normalized spacial score (nSPS) is 22.8. The van der Waals surface area contributed by atoms with Crippen molar-refractivity contribution < 1.29 is 9.59 Å². The van der Waals surface area contributed by atoms with Crippen molar-refractivity contribution in [2.75, 3.05) is 0 Å². The molecule has 2 atom stereocenters. The Morgan fingerprint density at radius 2 is 2.10 bits per heavy atom. The second-order valence-corrected chi connectivity index (χ2v) is 6.03. The number of aromatic nitrogens is 2. The van der Waals surface area contributed by atoms with Gasteiger partial charge in [0.15, 0.2) is 0 Å². The minimum Gasteiger partial charge on any atom is -0.342 e. The molecule has 21 heavy (non-hydrogen) atoms. The van der Waals surface area contributed by atoms with Gasteiger partial charge in [0.2, 0.25) is 11.8 Å². The van der Waals surface area contributed by atoms with Crippen LogP contribution in [-0.2, 0) is 23.2 Å². The van der Waals surface area contributed by atoms with Gasteiger partial charge in [-0.2, -0.15) is 5.10 Å².